The fraction of sp³-hybridized carbons (Fsp3) is 0.182. The number of aliphatic hydroxyl groups is 1. The lowest BCUT2D eigenvalue weighted by Crippen LogP contribution is -2.31. The number of carbonyl (C=O) groups is 1. The predicted octanol–water partition coefficient (Wildman–Crippen LogP) is 4.19. The van der Waals surface area contributed by atoms with E-state index in [0.717, 1.165) is 5.56 Å². The molecule has 0 fully saturated rings. The van der Waals surface area contributed by atoms with Crippen molar-refractivity contribution in [3.8, 4) is 5.75 Å². The summed E-state index contributed by atoms with van der Waals surface area (Å²) in [6, 6.07) is 13.3. The Hall–Kier alpha value is -3.25. The number of aromatic hydroxyl groups is 1. The highest BCUT2D eigenvalue weighted by atomic mass is 35.5. The SMILES string of the molecule is O=C1C(O)=C(c2ccc(O)cc2)C(c2cccc(Cl)c2)N1CCCn1ccnc1. The lowest BCUT2D eigenvalue weighted by molar-refractivity contribution is -0.129. The van der Waals surface area contributed by atoms with Gasteiger partial charge in [-0.15, -0.1) is 0 Å². The molecule has 0 aliphatic carbocycles. The third-order valence-electron chi connectivity index (χ3n) is 5.02. The van der Waals surface area contributed by atoms with Crippen molar-refractivity contribution in [1.29, 1.82) is 0 Å². The van der Waals surface area contributed by atoms with Crippen LogP contribution in [0.5, 0.6) is 5.75 Å². The number of carbonyl (C=O) groups excluding carboxylic acids is 1. The van der Waals surface area contributed by atoms with E-state index in [9.17, 15) is 15.0 Å². The highest BCUT2D eigenvalue weighted by Crippen LogP contribution is 2.43. The van der Waals surface area contributed by atoms with Gasteiger partial charge in [0, 0.05) is 36.1 Å². The molecule has 0 saturated carbocycles. The molecule has 2 heterocycles. The molecule has 4 rings (SSSR count). The first kappa shape index (κ1) is 19.1. The Labute approximate surface area is 173 Å². The number of halogens is 1. The van der Waals surface area contributed by atoms with Gasteiger partial charge < -0.3 is 19.7 Å². The average Bonchev–Trinajstić information content (AvgIpc) is 3.31. The van der Waals surface area contributed by atoms with Crippen LogP contribution in [0.1, 0.15) is 23.6 Å². The first-order valence-corrected chi connectivity index (χ1v) is 9.67. The van der Waals surface area contributed by atoms with Gasteiger partial charge in [0.1, 0.15) is 5.75 Å². The number of hydrogen-bond donors (Lipinski definition) is 2. The van der Waals surface area contributed by atoms with E-state index in [-0.39, 0.29) is 11.5 Å². The molecule has 7 heteroatoms. The van der Waals surface area contributed by atoms with Gasteiger partial charge in [0.15, 0.2) is 5.76 Å². The molecule has 1 aliphatic rings. The molecule has 1 aromatic heterocycles. The highest BCUT2D eigenvalue weighted by Gasteiger charge is 2.40. The monoisotopic (exact) mass is 409 g/mol. The third-order valence-corrected chi connectivity index (χ3v) is 5.26. The number of nitrogens with zero attached hydrogens (tertiary/aromatic N) is 3. The maximum atomic E-state index is 12.9. The standard InChI is InChI=1S/C22H20ClN3O3/c23-17-4-1-3-16(13-17)20-19(15-5-7-18(27)8-6-15)21(28)22(29)26(20)11-2-10-25-12-9-24-14-25/h1,3-9,12-14,20,27-28H,2,10-11H2. The summed E-state index contributed by atoms with van der Waals surface area (Å²) in [7, 11) is 0. The van der Waals surface area contributed by atoms with Crippen molar-refractivity contribution in [2.24, 2.45) is 0 Å². The van der Waals surface area contributed by atoms with Gasteiger partial charge in [-0.05, 0) is 41.8 Å². The second kappa shape index (κ2) is 8.01. The van der Waals surface area contributed by atoms with Crippen LogP contribution >= 0.6 is 11.6 Å². The van der Waals surface area contributed by atoms with Crippen LogP contribution in [0, 0.1) is 0 Å². The number of amides is 1. The normalized spacial score (nSPS) is 16.7. The number of phenolic OH excluding ortho intramolecular Hbond substituents is 1. The van der Waals surface area contributed by atoms with Crippen molar-refractivity contribution >= 4 is 23.1 Å². The van der Waals surface area contributed by atoms with Gasteiger partial charge in [0.2, 0.25) is 0 Å². The van der Waals surface area contributed by atoms with Crippen molar-refractivity contribution in [1.82, 2.24) is 14.5 Å². The average molecular weight is 410 g/mol. The van der Waals surface area contributed by atoms with Crippen LogP contribution < -0.4 is 0 Å². The molecule has 2 aromatic carbocycles. The molecule has 2 N–H and O–H groups in total. The number of aliphatic hydroxyl groups excluding tert-OH is 1. The van der Waals surface area contributed by atoms with E-state index in [4.69, 9.17) is 11.6 Å². The van der Waals surface area contributed by atoms with Crippen LogP contribution in [0.3, 0.4) is 0 Å². The second-order valence-corrected chi connectivity index (χ2v) is 7.36. The topological polar surface area (TPSA) is 78.6 Å². The number of imidazole rings is 1. The van der Waals surface area contributed by atoms with Crippen molar-refractivity contribution in [2.45, 2.75) is 19.0 Å². The zero-order valence-corrected chi connectivity index (χ0v) is 16.3. The second-order valence-electron chi connectivity index (χ2n) is 6.92. The minimum atomic E-state index is -0.464. The lowest BCUT2D eigenvalue weighted by Gasteiger charge is -2.27. The number of rotatable bonds is 6. The van der Waals surface area contributed by atoms with Crippen LogP contribution in [-0.4, -0.2) is 37.1 Å². The number of aromatic nitrogens is 2. The van der Waals surface area contributed by atoms with Gasteiger partial charge in [-0.2, -0.15) is 0 Å². The molecule has 0 saturated heterocycles. The van der Waals surface area contributed by atoms with Crippen molar-refractivity contribution < 1.29 is 15.0 Å². The molecule has 148 valence electrons. The number of benzene rings is 2. The van der Waals surface area contributed by atoms with E-state index in [1.165, 1.54) is 12.1 Å². The van der Waals surface area contributed by atoms with E-state index < -0.39 is 11.9 Å². The predicted molar refractivity (Wildman–Crippen MR) is 110 cm³/mol. The van der Waals surface area contributed by atoms with Crippen molar-refractivity contribution in [3.63, 3.8) is 0 Å². The van der Waals surface area contributed by atoms with Gasteiger partial charge in [0.05, 0.1) is 12.4 Å². The van der Waals surface area contributed by atoms with Gasteiger partial charge >= 0.3 is 0 Å². The molecule has 29 heavy (non-hydrogen) atoms. The summed E-state index contributed by atoms with van der Waals surface area (Å²) >= 11 is 6.20. The summed E-state index contributed by atoms with van der Waals surface area (Å²) in [5.74, 6) is -0.568. The van der Waals surface area contributed by atoms with Crippen LogP contribution in [0.25, 0.3) is 5.57 Å². The Bertz CT molecular complexity index is 1050. The fourth-order valence-corrected chi connectivity index (χ4v) is 3.88. The number of aryl methyl sites for hydroxylation is 1. The van der Waals surface area contributed by atoms with Crippen LogP contribution in [0.2, 0.25) is 5.02 Å². The van der Waals surface area contributed by atoms with E-state index in [2.05, 4.69) is 4.98 Å². The maximum absolute atomic E-state index is 12.9. The summed E-state index contributed by atoms with van der Waals surface area (Å²) < 4.78 is 1.95. The third kappa shape index (κ3) is 3.84. The van der Waals surface area contributed by atoms with Crippen LogP contribution in [0.15, 0.2) is 73.0 Å². The van der Waals surface area contributed by atoms with Crippen molar-refractivity contribution in [3.05, 3.63) is 89.2 Å². The molecule has 1 amide bonds. The molecule has 0 radical (unpaired) electrons. The first-order chi connectivity index (χ1) is 14.0. The minimum Gasteiger partial charge on any atom is -0.508 e. The highest BCUT2D eigenvalue weighted by molar-refractivity contribution is 6.30. The first-order valence-electron chi connectivity index (χ1n) is 9.29. The quantitative estimate of drug-likeness (QED) is 0.640. The van der Waals surface area contributed by atoms with Crippen LogP contribution in [-0.2, 0) is 11.3 Å². The van der Waals surface area contributed by atoms with E-state index in [1.54, 1.807) is 41.7 Å². The molecule has 1 atom stereocenters. The van der Waals surface area contributed by atoms with Gasteiger partial charge in [0.25, 0.3) is 5.91 Å². The molecule has 0 spiro atoms. The number of hydrogen-bond acceptors (Lipinski definition) is 4. The smallest absolute Gasteiger partial charge is 0.289 e. The van der Waals surface area contributed by atoms with E-state index in [1.807, 2.05) is 22.9 Å². The summed E-state index contributed by atoms with van der Waals surface area (Å²) in [4.78, 5) is 18.6. The Morgan fingerprint density at radius 3 is 2.55 bits per heavy atom. The minimum absolute atomic E-state index is 0.120. The van der Waals surface area contributed by atoms with Gasteiger partial charge in [-0.1, -0.05) is 35.9 Å². The summed E-state index contributed by atoms with van der Waals surface area (Å²) in [5, 5.41) is 20.9. The maximum Gasteiger partial charge on any atom is 0.289 e. The number of phenols is 1. The van der Waals surface area contributed by atoms with Crippen molar-refractivity contribution in [2.75, 3.05) is 6.54 Å². The fourth-order valence-electron chi connectivity index (χ4n) is 3.69. The Balaban J connectivity index is 1.68. The Morgan fingerprint density at radius 1 is 1.07 bits per heavy atom. The van der Waals surface area contributed by atoms with Crippen LogP contribution in [0.4, 0.5) is 0 Å². The van der Waals surface area contributed by atoms with E-state index in [0.29, 0.717) is 35.7 Å². The molecule has 0 bridgehead atoms. The molecular formula is C22H20ClN3O3. The Morgan fingerprint density at radius 2 is 1.86 bits per heavy atom. The molecule has 1 aliphatic heterocycles. The zero-order valence-electron chi connectivity index (χ0n) is 15.6. The molecule has 3 aromatic rings. The zero-order chi connectivity index (χ0) is 20.4. The van der Waals surface area contributed by atoms with Gasteiger partial charge in [-0.25, -0.2) is 4.98 Å². The largest absolute Gasteiger partial charge is 0.508 e. The summed E-state index contributed by atoms with van der Waals surface area (Å²) in [6.07, 6.45) is 6.02. The summed E-state index contributed by atoms with van der Waals surface area (Å²) in [5.41, 5.74) is 2.01. The van der Waals surface area contributed by atoms with Gasteiger partial charge in [-0.3, -0.25) is 4.79 Å². The molecule has 1 unspecified atom stereocenters. The molecule has 6 nitrogen and oxygen atoms in total. The van der Waals surface area contributed by atoms with E-state index >= 15 is 0 Å². The lowest BCUT2D eigenvalue weighted by atomic mass is 9.93. The summed E-state index contributed by atoms with van der Waals surface area (Å²) in [6.45, 7) is 1.17. The molecular weight excluding hydrogens is 390 g/mol. The Kier molecular flexibility index (Phi) is 5.27.